The summed E-state index contributed by atoms with van der Waals surface area (Å²) in [5, 5.41) is 6.11. The maximum absolute atomic E-state index is 12.4. The molecule has 0 spiro atoms. The fourth-order valence-corrected chi connectivity index (χ4v) is 5.19. The van der Waals surface area contributed by atoms with Crippen LogP contribution in [0.2, 0.25) is 5.02 Å². The molecular weight excluding hydrogens is 450 g/mol. The molecule has 8 nitrogen and oxygen atoms in total. The molecule has 1 aromatic carbocycles. The van der Waals surface area contributed by atoms with Crippen molar-refractivity contribution >= 4 is 33.3 Å². The number of rotatable bonds is 8. The van der Waals surface area contributed by atoms with E-state index in [1.807, 2.05) is 26.0 Å². The van der Waals surface area contributed by atoms with Crippen LogP contribution in [0, 0.1) is 19.8 Å². The van der Waals surface area contributed by atoms with Crippen LogP contribution >= 0.6 is 11.6 Å². The third-order valence-electron chi connectivity index (χ3n) is 5.43. The zero-order chi connectivity index (χ0) is 23.1. The van der Waals surface area contributed by atoms with Gasteiger partial charge in [-0.2, -0.15) is 0 Å². The van der Waals surface area contributed by atoms with Crippen molar-refractivity contribution in [1.29, 1.82) is 0 Å². The number of hydrogen-bond acceptors (Lipinski definition) is 5. The lowest BCUT2D eigenvalue weighted by atomic mass is 9.97. The van der Waals surface area contributed by atoms with Gasteiger partial charge in [-0.25, -0.2) is 17.9 Å². The molecule has 2 heterocycles. The van der Waals surface area contributed by atoms with E-state index in [9.17, 15) is 13.2 Å². The SMILES string of the molecule is Cc1cc(NC(=O)NCCN2CCC(CNS(=O)(=O)c3cccc(Cl)c3)CC2)cc(C)n1. The second kappa shape index (κ2) is 11.1. The van der Waals surface area contributed by atoms with Gasteiger partial charge in [-0.05, 0) is 76.0 Å². The predicted octanol–water partition coefficient (Wildman–Crippen LogP) is 3.16. The van der Waals surface area contributed by atoms with Crippen LogP contribution in [0.5, 0.6) is 0 Å². The molecule has 1 aliphatic rings. The molecule has 2 aromatic rings. The molecule has 0 radical (unpaired) electrons. The Hall–Kier alpha value is -2.20. The van der Waals surface area contributed by atoms with Crippen LogP contribution in [-0.4, -0.2) is 57.1 Å². The Balaban J connectivity index is 1.34. The molecule has 0 aliphatic carbocycles. The van der Waals surface area contributed by atoms with Gasteiger partial charge in [0.05, 0.1) is 4.90 Å². The molecule has 3 rings (SSSR count). The quantitative estimate of drug-likeness (QED) is 0.539. The third-order valence-corrected chi connectivity index (χ3v) is 7.08. The minimum absolute atomic E-state index is 0.184. The van der Waals surface area contributed by atoms with Gasteiger partial charge in [-0.1, -0.05) is 17.7 Å². The predicted molar refractivity (Wildman–Crippen MR) is 127 cm³/mol. The van der Waals surface area contributed by atoms with Crippen LogP contribution in [0.15, 0.2) is 41.3 Å². The summed E-state index contributed by atoms with van der Waals surface area (Å²) in [4.78, 5) is 18.9. The normalized spacial score (nSPS) is 15.5. The first kappa shape index (κ1) is 24.4. The molecule has 10 heteroatoms. The van der Waals surface area contributed by atoms with Crippen molar-refractivity contribution in [2.45, 2.75) is 31.6 Å². The topological polar surface area (TPSA) is 103 Å². The Labute approximate surface area is 194 Å². The zero-order valence-electron chi connectivity index (χ0n) is 18.4. The van der Waals surface area contributed by atoms with E-state index in [1.165, 1.54) is 12.1 Å². The maximum atomic E-state index is 12.4. The summed E-state index contributed by atoms with van der Waals surface area (Å²) in [5.41, 5.74) is 2.45. The molecule has 0 atom stereocenters. The van der Waals surface area contributed by atoms with Gasteiger partial charge in [0.2, 0.25) is 10.0 Å². The van der Waals surface area contributed by atoms with Crippen LogP contribution < -0.4 is 15.4 Å². The van der Waals surface area contributed by atoms with E-state index in [0.717, 1.165) is 49.6 Å². The summed E-state index contributed by atoms with van der Waals surface area (Å²) < 4.78 is 27.6. The highest BCUT2D eigenvalue weighted by molar-refractivity contribution is 7.89. The van der Waals surface area contributed by atoms with E-state index in [2.05, 4.69) is 25.2 Å². The standard InChI is InChI=1S/C22H30ClN5O3S/c1-16-12-20(13-17(2)26-16)27-22(29)24-8-11-28-9-6-18(7-10-28)15-25-32(30,31)21-5-3-4-19(23)14-21/h3-5,12-14,18,25H,6-11,15H2,1-2H3,(H2,24,26,27,29). The van der Waals surface area contributed by atoms with E-state index in [4.69, 9.17) is 11.6 Å². The second-order valence-corrected chi connectivity index (χ2v) is 10.3. The number of benzene rings is 1. The summed E-state index contributed by atoms with van der Waals surface area (Å²) in [5.74, 6) is 0.287. The Morgan fingerprint density at radius 1 is 1.16 bits per heavy atom. The molecule has 3 N–H and O–H groups in total. The molecule has 1 aromatic heterocycles. The summed E-state index contributed by atoms with van der Waals surface area (Å²) in [7, 11) is -3.56. The lowest BCUT2D eigenvalue weighted by Gasteiger charge is -2.32. The number of carbonyl (C=O) groups excluding carboxylic acids is 1. The average molecular weight is 480 g/mol. The van der Waals surface area contributed by atoms with Crippen molar-refractivity contribution in [3.05, 3.63) is 52.8 Å². The Bertz CT molecular complexity index is 1020. The van der Waals surface area contributed by atoms with Gasteiger partial charge in [0.25, 0.3) is 0 Å². The molecule has 2 amide bonds. The molecule has 0 bridgehead atoms. The number of nitrogens with zero attached hydrogens (tertiary/aromatic N) is 2. The van der Waals surface area contributed by atoms with Crippen LogP contribution in [0.4, 0.5) is 10.5 Å². The van der Waals surface area contributed by atoms with Crippen molar-refractivity contribution in [1.82, 2.24) is 19.9 Å². The van der Waals surface area contributed by atoms with Crippen LogP contribution in [-0.2, 0) is 10.0 Å². The van der Waals surface area contributed by atoms with Gasteiger partial charge in [0.15, 0.2) is 0 Å². The van der Waals surface area contributed by atoms with Crippen LogP contribution in [0.1, 0.15) is 24.2 Å². The maximum Gasteiger partial charge on any atom is 0.319 e. The van der Waals surface area contributed by atoms with Crippen molar-refractivity contribution in [2.75, 3.05) is 38.0 Å². The molecule has 0 saturated carbocycles. The van der Waals surface area contributed by atoms with E-state index in [-0.39, 0.29) is 16.8 Å². The highest BCUT2D eigenvalue weighted by Gasteiger charge is 2.22. The van der Waals surface area contributed by atoms with Crippen molar-refractivity contribution < 1.29 is 13.2 Å². The molecular formula is C22H30ClN5O3S. The van der Waals surface area contributed by atoms with Crippen molar-refractivity contribution in [2.24, 2.45) is 5.92 Å². The Morgan fingerprint density at radius 2 is 1.84 bits per heavy atom. The Kier molecular flexibility index (Phi) is 8.47. The van der Waals surface area contributed by atoms with Gasteiger partial charge < -0.3 is 15.5 Å². The highest BCUT2D eigenvalue weighted by atomic mass is 35.5. The van der Waals surface area contributed by atoms with Gasteiger partial charge in [-0.15, -0.1) is 0 Å². The van der Waals surface area contributed by atoms with E-state index < -0.39 is 10.0 Å². The number of aryl methyl sites for hydroxylation is 2. The number of piperidine rings is 1. The minimum Gasteiger partial charge on any atom is -0.337 e. The molecule has 1 aliphatic heterocycles. The lowest BCUT2D eigenvalue weighted by molar-refractivity contribution is 0.186. The van der Waals surface area contributed by atoms with Gasteiger partial charge in [0, 0.05) is 41.7 Å². The second-order valence-electron chi connectivity index (χ2n) is 8.11. The van der Waals surface area contributed by atoms with E-state index in [1.54, 1.807) is 12.1 Å². The largest absolute Gasteiger partial charge is 0.337 e. The summed E-state index contributed by atoms with van der Waals surface area (Å²) in [6, 6.07) is 9.69. The van der Waals surface area contributed by atoms with Crippen LogP contribution in [0.3, 0.4) is 0 Å². The minimum atomic E-state index is -3.56. The highest BCUT2D eigenvalue weighted by Crippen LogP contribution is 2.19. The van der Waals surface area contributed by atoms with Gasteiger partial charge in [0.1, 0.15) is 0 Å². The summed E-state index contributed by atoms with van der Waals surface area (Å²) in [6.45, 7) is 7.23. The molecule has 1 saturated heterocycles. The number of hydrogen-bond donors (Lipinski definition) is 3. The molecule has 0 unspecified atom stereocenters. The number of likely N-dealkylation sites (tertiary alicyclic amines) is 1. The first-order valence-electron chi connectivity index (χ1n) is 10.7. The van der Waals surface area contributed by atoms with Crippen molar-refractivity contribution in [3.8, 4) is 0 Å². The number of sulfonamides is 1. The number of aromatic nitrogens is 1. The number of halogens is 1. The Morgan fingerprint density at radius 3 is 2.50 bits per heavy atom. The number of pyridine rings is 1. The molecule has 32 heavy (non-hydrogen) atoms. The fourth-order valence-electron chi connectivity index (χ4n) is 3.77. The lowest BCUT2D eigenvalue weighted by Crippen LogP contribution is -2.42. The zero-order valence-corrected chi connectivity index (χ0v) is 20.0. The number of carbonyl (C=O) groups is 1. The van der Waals surface area contributed by atoms with Crippen LogP contribution in [0.25, 0.3) is 0 Å². The molecule has 174 valence electrons. The molecule has 1 fully saturated rings. The fraction of sp³-hybridized carbons (Fsp3) is 0.455. The first-order chi connectivity index (χ1) is 15.2. The summed E-state index contributed by atoms with van der Waals surface area (Å²) >= 11 is 5.90. The van der Waals surface area contributed by atoms with Crippen molar-refractivity contribution in [3.63, 3.8) is 0 Å². The smallest absolute Gasteiger partial charge is 0.319 e. The third kappa shape index (κ3) is 7.44. The van der Waals surface area contributed by atoms with E-state index in [0.29, 0.717) is 18.1 Å². The number of amides is 2. The first-order valence-corrected chi connectivity index (χ1v) is 12.5. The average Bonchev–Trinajstić information content (AvgIpc) is 2.72. The number of urea groups is 1. The van der Waals surface area contributed by atoms with Gasteiger partial charge >= 0.3 is 6.03 Å². The monoisotopic (exact) mass is 479 g/mol. The number of nitrogens with one attached hydrogen (secondary N) is 3. The van der Waals surface area contributed by atoms with Gasteiger partial charge in [-0.3, -0.25) is 4.98 Å². The van der Waals surface area contributed by atoms with E-state index >= 15 is 0 Å². The number of anilines is 1. The summed E-state index contributed by atoms with van der Waals surface area (Å²) in [6.07, 6.45) is 1.81.